The summed E-state index contributed by atoms with van der Waals surface area (Å²) in [5, 5.41) is 10.6. The van der Waals surface area contributed by atoms with Gasteiger partial charge in [-0.3, -0.25) is 0 Å². The molecule has 7 nitrogen and oxygen atoms in total. The predicted octanol–water partition coefficient (Wildman–Crippen LogP) is 3.18. The van der Waals surface area contributed by atoms with Crippen molar-refractivity contribution in [3.05, 3.63) is 23.8 Å². The van der Waals surface area contributed by atoms with Gasteiger partial charge in [0.15, 0.2) is 35.8 Å². The summed E-state index contributed by atoms with van der Waals surface area (Å²) in [4.78, 5) is 13.6. The minimum Gasteiger partial charge on any atom is -0.408 e. The van der Waals surface area contributed by atoms with Gasteiger partial charge in [0.25, 0.3) is 0 Å². The van der Waals surface area contributed by atoms with E-state index >= 15 is 0 Å². The summed E-state index contributed by atoms with van der Waals surface area (Å²) in [5.74, 6) is -2.42. The Kier molecular flexibility index (Phi) is 4.42. The third kappa shape index (κ3) is 2.80. The molecular weight excluding hydrogens is 374 g/mol. The summed E-state index contributed by atoms with van der Waals surface area (Å²) in [6.07, 6.45) is -1.02. The van der Waals surface area contributed by atoms with E-state index in [2.05, 4.69) is 0 Å². The normalized spacial score (nSPS) is 31.4. The number of halogens is 2. The summed E-state index contributed by atoms with van der Waals surface area (Å²) in [6.45, 7) is 7.10. The summed E-state index contributed by atoms with van der Waals surface area (Å²) in [7, 11) is 0. The Balaban J connectivity index is 1.64. The van der Waals surface area contributed by atoms with Gasteiger partial charge < -0.3 is 19.1 Å². The smallest absolute Gasteiger partial charge is 0.408 e. The van der Waals surface area contributed by atoms with Gasteiger partial charge in [-0.25, -0.2) is 14.0 Å². The van der Waals surface area contributed by atoms with Crippen molar-refractivity contribution in [1.29, 1.82) is 0 Å². The molecule has 1 N–H and O–H groups in total. The fourth-order valence-corrected chi connectivity index (χ4v) is 4.50. The molecule has 1 aromatic carbocycles. The van der Waals surface area contributed by atoms with Crippen LogP contribution in [0.1, 0.15) is 27.2 Å². The molecular formula is C19H25F2N2O5+. The molecule has 3 aliphatic heterocycles. The van der Waals surface area contributed by atoms with Crippen molar-refractivity contribution >= 4 is 17.5 Å². The molecule has 4 rings (SSSR count). The quantitative estimate of drug-likeness (QED) is 0.609. The average Bonchev–Trinajstić information content (AvgIpc) is 3.17. The molecule has 3 fully saturated rings. The first-order valence-electron chi connectivity index (χ1n) is 9.42. The number of amides is 1. The second-order valence-electron chi connectivity index (χ2n) is 8.41. The van der Waals surface area contributed by atoms with E-state index in [0.29, 0.717) is 32.7 Å². The molecule has 1 aromatic rings. The second-order valence-corrected chi connectivity index (χ2v) is 8.41. The van der Waals surface area contributed by atoms with Gasteiger partial charge in [-0.15, -0.1) is 0 Å². The van der Waals surface area contributed by atoms with Gasteiger partial charge in [-0.05, 0) is 11.6 Å². The summed E-state index contributed by atoms with van der Waals surface area (Å²) >= 11 is 0. The maximum absolute atomic E-state index is 14.9. The van der Waals surface area contributed by atoms with Gasteiger partial charge in [-0.1, -0.05) is 13.8 Å². The number of rotatable bonds is 2. The fourth-order valence-electron chi connectivity index (χ4n) is 4.50. The van der Waals surface area contributed by atoms with E-state index in [9.17, 15) is 18.8 Å². The maximum atomic E-state index is 14.9. The van der Waals surface area contributed by atoms with Crippen LogP contribution in [0.25, 0.3) is 0 Å². The van der Waals surface area contributed by atoms with Gasteiger partial charge in [-0.2, -0.15) is 4.79 Å². The van der Waals surface area contributed by atoms with Crippen molar-refractivity contribution in [1.82, 2.24) is 4.65 Å². The monoisotopic (exact) mass is 399 g/mol. The van der Waals surface area contributed by atoms with Gasteiger partial charge in [0.05, 0.1) is 13.2 Å². The second kappa shape index (κ2) is 6.35. The molecule has 28 heavy (non-hydrogen) atoms. The maximum Gasteiger partial charge on any atom is 0.555 e. The van der Waals surface area contributed by atoms with Crippen molar-refractivity contribution in [2.45, 2.75) is 39.1 Å². The summed E-state index contributed by atoms with van der Waals surface area (Å²) in [5.41, 5.74) is -0.863. The molecule has 0 saturated carbocycles. The molecule has 154 valence electrons. The van der Waals surface area contributed by atoms with Crippen LogP contribution < -0.4 is 9.55 Å². The number of hydrogen-bond donors (Lipinski definition) is 1. The molecule has 0 radical (unpaired) electrons. The van der Waals surface area contributed by atoms with E-state index in [-0.39, 0.29) is 17.9 Å². The summed E-state index contributed by atoms with van der Waals surface area (Å²) < 4.78 is 45.2. The number of hydrogen-bond acceptors (Lipinski definition) is 6. The number of carbonyl (C=O) groups excluding carboxylic acids is 1. The Morgan fingerprint density at radius 3 is 2.32 bits per heavy atom. The molecule has 0 aliphatic carbocycles. The van der Waals surface area contributed by atoms with Crippen LogP contribution in [0.4, 0.5) is 25.0 Å². The molecule has 1 spiro atoms. The highest BCUT2D eigenvalue weighted by atomic mass is 19.1. The van der Waals surface area contributed by atoms with Crippen LogP contribution in [-0.2, 0) is 14.2 Å². The lowest BCUT2D eigenvalue weighted by Gasteiger charge is -2.50. The van der Waals surface area contributed by atoms with Gasteiger partial charge in [0, 0.05) is 37.1 Å². The molecule has 1 unspecified atom stereocenters. The Morgan fingerprint density at radius 1 is 1.21 bits per heavy atom. The number of piperidine rings is 1. The third-order valence-electron chi connectivity index (χ3n) is 5.95. The number of hydroxylamine groups is 2. The van der Waals surface area contributed by atoms with Crippen molar-refractivity contribution in [2.75, 3.05) is 37.7 Å². The third-order valence-corrected chi connectivity index (χ3v) is 5.95. The van der Waals surface area contributed by atoms with Gasteiger partial charge >= 0.3 is 6.09 Å². The van der Waals surface area contributed by atoms with Crippen LogP contribution in [0.5, 0.6) is 0 Å². The highest BCUT2D eigenvalue weighted by Gasteiger charge is 2.54. The van der Waals surface area contributed by atoms with Crippen molar-refractivity contribution < 1.29 is 33.0 Å². The van der Waals surface area contributed by atoms with E-state index < -0.39 is 39.7 Å². The molecule has 1 amide bonds. The van der Waals surface area contributed by atoms with E-state index in [0.717, 1.165) is 12.1 Å². The standard InChI is InChI=1S/C19H25F2N2O5/c1-12-10-23(25,17(24)28-12)13-8-14(20)16(15(21)9-13)22-5-4-19(18(2,3)11-22)26-6-7-27-19/h8-9,12,25H,4-7,10-11H2,1-3H3/q+1/t12?,23-/m0/s1. The highest BCUT2D eigenvalue weighted by Crippen LogP contribution is 2.46. The Labute approximate surface area is 161 Å². The van der Waals surface area contributed by atoms with Crippen LogP contribution in [0.15, 0.2) is 12.1 Å². The fraction of sp³-hybridized carbons (Fsp3) is 0.632. The van der Waals surface area contributed by atoms with E-state index in [1.54, 1.807) is 11.8 Å². The molecule has 0 aromatic heterocycles. The highest BCUT2D eigenvalue weighted by molar-refractivity contribution is 5.82. The zero-order valence-corrected chi connectivity index (χ0v) is 16.2. The SMILES string of the molecule is CC1C[N@+](O)(c2cc(F)c(N3CCC4(OCCO4)C(C)(C)C3)c(F)c2)C(=O)O1. The zero-order chi connectivity index (χ0) is 20.3. The number of ether oxygens (including phenoxy) is 3. The summed E-state index contributed by atoms with van der Waals surface area (Å²) in [6, 6.07) is 2.00. The van der Waals surface area contributed by atoms with Crippen LogP contribution in [0.3, 0.4) is 0 Å². The molecule has 2 atom stereocenters. The number of cyclic esters (lactones) is 1. The topological polar surface area (TPSA) is 68.2 Å². The lowest BCUT2D eigenvalue weighted by atomic mass is 9.77. The first kappa shape index (κ1) is 19.5. The lowest BCUT2D eigenvalue weighted by Crippen LogP contribution is -2.58. The molecule has 3 aliphatic rings. The zero-order valence-electron chi connectivity index (χ0n) is 16.2. The first-order chi connectivity index (χ1) is 13.1. The van der Waals surface area contributed by atoms with Crippen LogP contribution in [0, 0.1) is 17.0 Å². The number of benzene rings is 1. The first-order valence-corrected chi connectivity index (χ1v) is 9.42. The molecule has 0 bridgehead atoms. The Morgan fingerprint density at radius 2 is 1.82 bits per heavy atom. The average molecular weight is 399 g/mol. The Hall–Kier alpha value is -1.81. The number of anilines is 1. The number of quaternary nitrogens is 1. The molecule has 9 heteroatoms. The van der Waals surface area contributed by atoms with Crippen LogP contribution >= 0.6 is 0 Å². The van der Waals surface area contributed by atoms with Crippen molar-refractivity contribution in [3.63, 3.8) is 0 Å². The van der Waals surface area contributed by atoms with Gasteiger partial charge in [0.1, 0.15) is 5.69 Å². The van der Waals surface area contributed by atoms with Crippen molar-refractivity contribution in [2.24, 2.45) is 5.41 Å². The van der Waals surface area contributed by atoms with Crippen molar-refractivity contribution in [3.8, 4) is 0 Å². The van der Waals surface area contributed by atoms with E-state index in [1.807, 2.05) is 13.8 Å². The van der Waals surface area contributed by atoms with E-state index in [4.69, 9.17) is 14.2 Å². The predicted molar refractivity (Wildman–Crippen MR) is 96.0 cm³/mol. The molecule has 3 saturated heterocycles. The van der Waals surface area contributed by atoms with E-state index in [1.165, 1.54) is 0 Å². The van der Waals surface area contributed by atoms with Crippen LogP contribution in [0.2, 0.25) is 0 Å². The minimum absolute atomic E-state index is 0.106. The molecule has 3 heterocycles. The Bertz CT molecular complexity index is 789. The van der Waals surface area contributed by atoms with Gasteiger partial charge in [0.2, 0.25) is 0 Å². The number of nitrogens with zero attached hydrogens (tertiary/aromatic N) is 2. The largest absolute Gasteiger partial charge is 0.555 e. The number of carbonyl (C=O) groups is 1. The minimum atomic E-state index is -1.27. The van der Waals surface area contributed by atoms with Crippen LogP contribution in [-0.4, -0.2) is 56.0 Å². The lowest BCUT2D eigenvalue weighted by molar-refractivity contribution is -0.235.